The Morgan fingerprint density at radius 1 is 1.20 bits per heavy atom. The first-order valence-corrected chi connectivity index (χ1v) is 6.57. The van der Waals surface area contributed by atoms with Gasteiger partial charge in [0.15, 0.2) is 0 Å². The van der Waals surface area contributed by atoms with Gasteiger partial charge in [0.05, 0.1) is 4.90 Å². The van der Waals surface area contributed by atoms with Crippen molar-refractivity contribution in [3.05, 3.63) is 40.8 Å². The lowest BCUT2D eigenvalue weighted by Crippen LogP contribution is -1.96. The summed E-state index contributed by atoms with van der Waals surface area (Å²) in [5, 5.41) is 0.985. The fraction of sp³-hybridized carbons (Fsp3) is 0.273. The lowest BCUT2D eigenvalue weighted by molar-refractivity contribution is 0.604. The molecule has 0 aliphatic carbocycles. The van der Waals surface area contributed by atoms with Crippen LogP contribution in [0.3, 0.4) is 0 Å². The van der Waals surface area contributed by atoms with Gasteiger partial charge in [-0.15, -0.1) is 0 Å². The van der Waals surface area contributed by atoms with Gasteiger partial charge in [-0.3, -0.25) is 0 Å². The van der Waals surface area contributed by atoms with Crippen LogP contribution in [0.15, 0.2) is 40.1 Å². The highest BCUT2D eigenvalue weighted by atomic mass is 35.5. The molecule has 0 unspecified atom stereocenters. The van der Waals surface area contributed by atoms with E-state index in [0.717, 1.165) is 16.5 Å². The maximum atomic E-state index is 11.5. The largest absolute Gasteiger partial charge is 0.219 e. The first kappa shape index (κ1) is 12.3. The molecule has 0 fully saturated rings. The van der Waals surface area contributed by atoms with Crippen LogP contribution in [0.2, 0.25) is 0 Å². The van der Waals surface area contributed by atoms with Crippen molar-refractivity contribution in [3.8, 4) is 0 Å². The third-order valence-electron chi connectivity index (χ3n) is 2.11. The molecule has 2 nitrogen and oxygen atoms in total. The van der Waals surface area contributed by atoms with E-state index in [9.17, 15) is 8.42 Å². The van der Waals surface area contributed by atoms with E-state index in [1.807, 2.05) is 12.1 Å². The van der Waals surface area contributed by atoms with Crippen molar-refractivity contribution in [3.63, 3.8) is 0 Å². The number of hydrogen-bond acceptors (Lipinski definition) is 2. The van der Waals surface area contributed by atoms with Gasteiger partial charge in [-0.1, -0.05) is 37.6 Å². The molecule has 0 aromatic heterocycles. The molecule has 0 saturated carbocycles. The maximum Gasteiger partial charge on any atom is 0.200 e. The predicted octanol–water partition coefficient (Wildman–Crippen LogP) is 3.29. The van der Waals surface area contributed by atoms with E-state index in [1.165, 1.54) is 0 Å². The molecule has 82 valence electrons. The van der Waals surface area contributed by atoms with Crippen LogP contribution >= 0.6 is 11.6 Å². The Bertz CT molecular complexity index is 444. The average Bonchev–Trinajstić information content (AvgIpc) is 2.18. The molecular weight excluding hydrogens is 232 g/mol. The van der Waals surface area contributed by atoms with Crippen molar-refractivity contribution in [2.75, 3.05) is 0 Å². The fourth-order valence-electron chi connectivity index (χ4n) is 1.19. The molecule has 1 aromatic rings. The molecule has 0 aliphatic rings. The molecule has 0 amide bonds. The molecule has 4 heteroatoms. The summed E-state index contributed by atoms with van der Waals surface area (Å²) in [4.78, 5) is 0.267. The van der Waals surface area contributed by atoms with Gasteiger partial charge in [-0.25, -0.2) is 8.42 Å². The topological polar surface area (TPSA) is 34.1 Å². The first-order chi connectivity index (χ1) is 6.97. The molecule has 0 N–H and O–H groups in total. The minimum atomic E-state index is -3.37. The number of hydrogen-bond donors (Lipinski definition) is 0. The van der Waals surface area contributed by atoms with E-state index in [-0.39, 0.29) is 4.90 Å². The predicted molar refractivity (Wildman–Crippen MR) is 62.7 cm³/mol. The van der Waals surface area contributed by atoms with Gasteiger partial charge in [0.25, 0.3) is 0 Å². The Kier molecular flexibility index (Phi) is 3.94. The van der Waals surface area contributed by atoms with E-state index in [4.69, 9.17) is 11.6 Å². The van der Waals surface area contributed by atoms with E-state index >= 15 is 0 Å². The summed E-state index contributed by atoms with van der Waals surface area (Å²) in [5.41, 5.74) is 2.12. The SMILES string of the molecule is CC(C)c1ccc(S(=O)(=O)C=CCl)cc1. The van der Waals surface area contributed by atoms with Crippen LogP contribution in [0.4, 0.5) is 0 Å². The number of sulfone groups is 1. The molecule has 0 atom stereocenters. The molecule has 0 bridgehead atoms. The Balaban J connectivity index is 3.10. The minimum Gasteiger partial charge on any atom is -0.219 e. The summed E-state index contributed by atoms with van der Waals surface area (Å²) in [6.07, 6.45) is 0. The fourth-order valence-corrected chi connectivity index (χ4v) is 2.40. The quantitative estimate of drug-likeness (QED) is 0.818. The zero-order valence-electron chi connectivity index (χ0n) is 8.64. The first-order valence-electron chi connectivity index (χ1n) is 4.59. The molecule has 1 rings (SSSR count). The molecule has 0 spiro atoms. The van der Waals surface area contributed by atoms with E-state index in [0.29, 0.717) is 5.92 Å². The molecule has 0 saturated heterocycles. The smallest absolute Gasteiger partial charge is 0.200 e. The van der Waals surface area contributed by atoms with Gasteiger partial charge in [0, 0.05) is 10.9 Å². The summed E-state index contributed by atoms with van der Waals surface area (Å²) in [6, 6.07) is 6.84. The molecular formula is C11H13ClO2S. The van der Waals surface area contributed by atoms with Crippen LogP contribution in [-0.2, 0) is 9.84 Å². The Morgan fingerprint density at radius 2 is 1.73 bits per heavy atom. The van der Waals surface area contributed by atoms with Crippen molar-refractivity contribution in [1.82, 2.24) is 0 Å². The summed E-state index contributed by atoms with van der Waals surface area (Å²) in [6.45, 7) is 4.12. The average molecular weight is 245 g/mol. The van der Waals surface area contributed by atoms with E-state index < -0.39 is 9.84 Å². The van der Waals surface area contributed by atoms with Crippen molar-refractivity contribution >= 4 is 21.4 Å². The molecule has 15 heavy (non-hydrogen) atoms. The number of benzene rings is 1. The molecule has 0 aliphatic heterocycles. The van der Waals surface area contributed by atoms with Crippen LogP contribution in [0, 0.1) is 0 Å². The normalized spacial score (nSPS) is 12.5. The molecule has 0 heterocycles. The highest BCUT2D eigenvalue weighted by Crippen LogP contribution is 2.18. The monoisotopic (exact) mass is 244 g/mol. The van der Waals surface area contributed by atoms with E-state index in [1.54, 1.807) is 12.1 Å². The summed E-state index contributed by atoms with van der Waals surface area (Å²) < 4.78 is 23.1. The van der Waals surface area contributed by atoms with Crippen molar-refractivity contribution in [2.45, 2.75) is 24.7 Å². The Morgan fingerprint density at radius 3 is 2.13 bits per heavy atom. The summed E-state index contributed by atoms with van der Waals surface area (Å²) in [5.74, 6) is 0.394. The zero-order chi connectivity index (χ0) is 11.5. The van der Waals surface area contributed by atoms with Gasteiger partial charge in [0.1, 0.15) is 0 Å². The minimum absolute atomic E-state index is 0.267. The van der Waals surface area contributed by atoms with Gasteiger partial charge in [0.2, 0.25) is 9.84 Å². The van der Waals surface area contributed by atoms with Gasteiger partial charge >= 0.3 is 0 Å². The summed E-state index contributed by atoms with van der Waals surface area (Å²) >= 11 is 5.26. The van der Waals surface area contributed by atoms with Crippen LogP contribution in [-0.4, -0.2) is 8.42 Å². The zero-order valence-corrected chi connectivity index (χ0v) is 10.2. The van der Waals surface area contributed by atoms with Gasteiger partial charge < -0.3 is 0 Å². The second kappa shape index (κ2) is 4.81. The van der Waals surface area contributed by atoms with Gasteiger partial charge in [-0.2, -0.15) is 0 Å². The highest BCUT2D eigenvalue weighted by molar-refractivity contribution is 7.94. The number of rotatable bonds is 3. The van der Waals surface area contributed by atoms with Crippen molar-refractivity contribution < 1.29 is 8.42 Å². The third kappa shape index (κ3) is 3.08. The van der Waals surface area contributed by atoms with E-state index in [2.05, 4.69) is 13.8 Å². The highest BCUT2D eigenvalue weighted by Gasteiger charge is 2.10. The van der Waals surface area contributed by atoms with Crippen LogP contribution in [0.25, 0.3) is 0 Å². The van der Waals surface area contributed by atoms with Crippen LogP contribution in [0.5, 0.6) is 0 Å². The lowest BCUT2D eigenvalue weighted by Gasteiger charge is -2.05. The van der Waals surface area contributed by atoms with Crippen molar-refractivity contribution in [2.24, 2.45) is 0 Å². The van der Waals surface area contributed by atoms with Crippen LogP contribution < -0.4 is 0 Å². The second-order valence-electron chi connectivity index (χ2n) is 3.53. The Labute approximate surface area is 95.5 Å². The maximum absolute atomic E-state index is 11.5. The second-order valence-corrected chi connectivity index (χ2v) is 5.62. The van der Waals surface area contributed by atoms with Gasteiger partial charge in [-0.05, 0) is 23.6 Å². The molecule has 0 radical (unpaired) electrons. The molecule has 1 aromatic carbocycles. The third-order valence-corrected chi connectivity index (χ3v) is 3.80. The Hall–Kier alpha value is -0.800. The summed E-state index contributed by atoms with van der Waals surface area (Å²) in [7, 11) is -3.37. The van der Waals surface area contributed by atoms with Crippen LogP contribution in [0.1, 0.15) is 25.3 Å². The van der Waals surface area contributed by atoms with Crippen molar-refractivity contribution in [1.29, 1.82) is 0 Å². The standard InChI is InChI=1S/C11H13ClO2S/c1-9(2)10-3-5-11(6-4-10)15(13,14)8-7-12/h3-9H,1-2H3. The lowest BCUT2D eigenvalue weighted by atomic mass is 10.0. The number of halogens is 1.